The van der Waals surface area contributed by atoms with Crippen molar-refractivity contribution in [1.82, 2.24) is 15.5 Å². The third-order valence-corrected chi connectivity index (χ3v) is 3.19. The van der Waals surface area contributed by atoms with Crippen molar-refractivity contribution in [2.24, 2.45) is 5.92 Å². The van der Waals surface area contributed by atoms with Crippen LogP contribution in [0.5, 0.6) is 0 Å². The lowest BCUT2D eigenvalue weighted by atomic mass is 10.0. The molecule has 6 nitrogen and oxygen atoms in total. The molecule has 2 atom stereocenters. The van der Waals surface area contributed by atoms with Crippen LogP contribution < -0.4 is 10.6 Å². The normalized spacial score (nSPS) is 20.6. The number of carbonyl (C=O) groups is 2. The number of carbonyl (C=O) groups excluding carboxylic acids is 2. The minimum Gasteiger partial charge on any atom is -0.354 e. The van der Waals surface area contributed by atoms with Crippen LogP contribution in [0.3, 0.4) is 0 Å². The van der Waals surface area contributed by atoms with Gasteiger partial charge in [-0.15, -0.1) is 10.2 Å². The maximum atomic E-state index is 12.8. The van der Waals surface area contributed by atoms with E-state index in [-0.39, 0.29) is 29.8 Å². The van der Waals surface area contributed by atoms with Crippen LogP contribution in [0.1, 0.15) is 42.2 Å². The molecule has 1 aromatic heterocycles. The summed E-state index contributed by atoms with van der Waals surface area (Å²) >= 11 is 0. The molecule has 0 saturated heterocycles. The second-order valence-corrected chi connectivity index (χ2v) is 5.11. The molecule has 1 heterocycles. The van der Waals surface area contributed by atoms with Gasteiger partial charge >= 0.3 is 0 Å². The standard InChI is InChI=1S/C13H17FN4O2/c1-6(2)7-5-10(16-12(19)8-4-9(8)14)17-18-11(7)13(20)15-3/h5-6,8-9H,4H2,1-3H3,(H,15,20)(H,16,17,19). The van der Waals surface area contributed by atoms with E-state index in [0.29, 0.717) is 5.56 Å². The number of aromatic nitrogens is 2. The lowest BCUT2D eigenvalue weighted by molar-refractivity contribution is -0.117. The number of nitrogens with one attached hydrogen (secondary N) is 2. The predicted molar refractivity (Wildman–Crippen MR) is 71.1 cm³/mol. The molecular weight excluding hydrogens is 263 g/mol. The van der Waals surface area contributed by atoms with E-state index in [4.69, 9.17) is 0 Å². The summed E-state index contributed by atoms with van der Waals surface area (Å²) in [6, 6.07) is 1.61. The molecule has 2 unspecified atom stereocenters. The number of alkyl halides is 1. The molecule has 20 heavy (non-hydrogen) atoms. The fourth-order valence-electron chi connectivity index (χ4n) is 1.86. The van der Waals surface area contributed by atoms with Gasteiger partial charge in [-0.3, -0.25) is 9.59 Å². The van der Waals surface area contributed by atoms with E-state index in [1.54, 1.807) is 6.07 Å². The third-order valence-electron chi connectivity index (χ3n) is 3.19. The van der Waals surface area contributed by atoms with Crippen LogP contribution in [0, 0.1) is 5.92 Å². The van der Waals surface area contributed by atoms with E-state index in [9.17, 15) is 14.0 Å². The SMILES string of the molecule is CNC(=O)c1nnc(NC(=O)C2CC2F)cc1C(C)C. The van der Waals surface area contributed by atoms with Crippen molar-refractivity contribution in [2.45, 2.75) is 32.4 Å². The largest absolute Gasteiger partial charge is 0.354 e. The monoisotopic (exact) mass is 280 g/mol. The van der Waals surface area contributed by atoms with Crippen molar-refractivity contribution >= 4 is 17.6 Å². The van der Waals surface area contributed by atoms with Gasteiger partial charge in [0.15, 0.2) is 11.5 Å². The van der Waals surface area contributed by atoms with Crippen molar-refractivity contribution in [3.63, 3.8) is 0 Å². The summed E-state index contributed by atoms with van der Waals surface area (Å²) in [5.41, 5.74) is 0.914. The fourth-order valence-corrected chi connectivity index (χ4v) is 1.86. The molecule has 0 aromatic carbocycles. The Morgan fingerprint density at radius 3 is 2.55 bits per heavy atom. The van der Waals surface area contributed by atoms with Crippen molar-refractivity contribution in [3.8, 4) is 0 Å². The van der Waals surface area contributed by atoms with Gasteiger partial charge in [-0.25, -0.2) is 4.39 Å². The van der Waals surface area contributed by atoms with E-state index >= 15 is 0 Å². The van der Waals surface area contributed by atoms with Gasteiger partial charge in [0, 0.05) is 7.05 Å². The predicted octanol–water partition coefficient (Wildman–Crippen LogP) is 1.26. The molecule has 2 amide bonds. The minimum absolute atomic E-state index is 0.0447. The molecule has 0 aliphatic heterocycles. The number of anilines is 1. The second-order valence-electron chi connectivity index (χ2n) is 5.11. The Labute approximate surface area is 116 Å². The van der Waals surface area contributed by atoms with Gasteiger partial charge in [-0.05, 0) is 24.0 Å². The highest BCUT2D eigenvalue weighted by atomic mass is 19.1. The molecule has 0 bridgehead atoms. The lowest BCUT2D eigenvalue weighted by Gasteiger charge is -2.12. The molecule has 1 saturated carbocycles. The highest BCUT2D eigenvalue weighted by Crippen LogP contribution is 2.34. The summed E-state index contributed by atoms with van der Waals surface area (Å²) in [5, 5.41) is 12.7. The summed E-state index contributed by atoms with van der Waals surface area (Å²) in [5.74, 6) is -1.02. The summed E-state index contributed by atoms with van der Waals surface area (Å²) in [4.78, 5) is 23.3. The van der Waals surface area contributed by atoms with E-state index in [1.165, 1.54) is 7.05 Å². The molecule has 1 fully saturated rings. The molecule has 1 aromatic rings. The maximum absolute atomic E-state index is 12.8. The van der Waals surface area contributed by atoms with Crippen LogP contribution in [-0.2, 0) is 4.79 Å². The third kappa shape index (κ3) is 2.92. The van der Waals surface area contributed by atoms with Gasteiger partial charge in [-0.1, -0.05) is 13.8 Å². The van der Waals surface area contributed by atoms with E-state index in [0.717, 1.165) is 0 Å². The Balaban J connectivity index is 2.21. The van der Waals surface area contributed by atoms with Gasteiger partial charge < -0.3 is 10.6 Å². The van der Waals surface area contributed by atoms with Gasteiger partial charge in [0.2, 0.25) is 5.91 Å². The van der Waals surface area contributed by atoms with Crippen LogP contribution in [-0.4, -0.2) is 35.2 Å². The second kappa shape index (κ2) is 5.52. The zero-order chi connectivity index (χ0) is 14.9. The molecule has 1 aliphatic rings. The number of halogens is 1. The number of hydrogen-bond acceptors (Lipinski definition) is 4. The molecule has 7 heteroatoms. The molecule has 2 rings (SSSR count). The molecule has 0 spiro atoms. The summed E-state index contributed by atoms with van der Waals surface area (Å²) in [6.45, 7) is 3.82. The molecule has 108 valence electrons. The molecular formula is C13H17FN4O2. The number of amides is 2. The average Bonchev–Trinajstić information content (AvgIpc) is 3.15. The van der Waals surface area contributed by atoms with Crippen LogP contribution in [0.15, 0.2) is 6.07 Å². The first-order valence-electron chi connectivity index (χ1n) is 6.48. The molecule has 0 radical (unpaired) electrons. The summed E-state index contributed by atoms with van der Waals surface area (Å²) in [6.07, 6.45) is -0.801. The van der Waals surface area contributed by atoms with Crippen LogP contribution in [0.25, 0.3) is 0 Å². The first-order valence-corrected chi connectivity index (χ1v) is 6.48. The smallest absolute Gasteiger partial charge is 0.271 e. The van der Waals surface area contributed by atoms with Gasteiger partial charge in [0.25, 0.3) is 5.91 Å². The van der Waals surface area contributed by atoms with Crippen molar-refractivity contribution < 1.29 is 14.0 Å². The van der Waals surface area contributed by atoms with E-state index in [2.05, 4.69) is 20.8 Å². The first kappa shape index (κ1) is 14.4. The Morgan fingerprint density at radius 2 is 2.05 bits per heavy atom. The summed E-state index contributed by atoms with van der Waals surface area (Å²) in [7, 11) is 1.51. The van der Waals surface area contributed by atoms with Crippen LogP contribution in [0.2, 0.25) is 0 Å². The van der Waals surface area contributed by atoms with Crippen LogP contribution in [0.4, 0.5) is 10.2 Å². The average molecular weight is 280 g/mol. The molecule has 2 N–H and O–H groups in total. The van der Waals surface area contributed by atoms with Crippen molar-refractivity contribution in [3.05, 3.63) is 17.3 Å². The molecule has 1 aliphatic carbocycles. The van der Waals surface area contributed by atoms with Gasteiger partial charge in [-0.2, -0.15) is 0 Å². The number of hydrogen-bond donors (Lipinski definition) is 2. The topological polar surface area (TPSA) is 84.0 Å². The Kier molecular flexibility index (Phi) is 3.96. The fraction of sp³-hybridized carbons (Fsp3) is 0.538. The number of nitrogens with zero attached hydrogens (tertiary/aromatic N) is 2. The van der Waals surface area contributed by atoms with E-state index in [1.807, 2.05) is 13.8 Å². The quantitative estimate of drug-likeness (QED) is 0.869. The zero-order valence-electron chi connectivity index (χ0n) is 11.6. The Hall–Kier alpha value is -2.05. The number of rotatable bonds is 4. The minimum atomic E-state index is -1.06. The maximum Gasteiger partial charge on any atom is 0.271 e. The first-order chi connectivity index (χ1) is 9.43. The van der Waals surface area contributed by atoms with Crippen molar-refractivity contribution in [1.29, 1.82) is 0 Å². The van der Waals surface area contributed by atoms with Crippen LogP contribution >= 0.6 is 0 Å². The Bertz CT molecular complexity index is 547. The summed E-state index contributed by atoms with van der Waals surface area (Å²) < 4.78 is 12.8. The van der Waals surface area contributed by atoms with Gasteiger partial charge in [0.05, 0.1) is 5.92 Å². The zero-order valence-corrected chi connectivity index (χ0v) is 11.6. The highest BCUT2D eigenvalue weighted by molar-refractivity contribution is 5.96. The van der Waals surface area contributed by atoms with Gasteiger partial charge in [0.1, 0.15) is 6.17 Å². The van der Waals surface area contributed by atoms with E-state index < -0.39 is 18.0 Å². The van der Waals surface area contributed by atoms with Crippen molar-refractivity contribution in [2.75, 3.05) is 12.4 Å². The highest BCUT2D eigenvalue weighted by Gasteiger charge is 2.43. The Morgan fingerprint density at radius 1 is 1.40 bits per heavy atom. The lowest BCUT2D eigenvalue weighted by Crippen LogP contribution is -2.23.